The highest BCUT2D eigenvalue weighted by Gasteiger charge is 2.30. The van der Waals surface area contributed by atoms with Gasteiger partial charge in [0.15, 0.2) is 6.29 Å². The smallest absolute Gasteiger partial charge is 0.208 e. The van der Waals surface area contributed by atoms with E-state index in [0.717, 1.165) is 44.1 Å². The fourth-order valence-electron chi connectivity index (χ4n) is 5.08. The van der Waals surface area contributed by atoms with Crippen LogP contribution in [-0.2, 0) is 0 Å². The van der Waals surface area contributed by atoms with E-state index in [4.69, 9.17) is 32.1 Å². The molecular formula is C24H38ClN7O. The first-order valence-electron chi connectivity index (χ1n) is 12.4. The Hall–Kier alpha value is -2.03. The lowest BCUT2D eigenvalue weighted by atomic mass is 10.1. The van der Waals surface area contributed by atoms with Crippen LogP contribution in [0.3, 0.4) is 0 Å². The van der Waals surface area contributed by atoms with E-state index in [1.54, 1.807) is 7.11 Å². The van der Waals surface area contributed by atoms with Crippen molar-refractivity contribution in [3.63, 3.8) is 0 Å². The second kappa shape index (κ2) is 11.4. The van der Waals surface area contributed by atoms with E-state index < -0.39 is 6.29 Å². The van der Waals surface area contributed by atoms with Gasteiger partial charge >= 0.3 is 0 Å². The molecule has 8 nitrogen and oxygen atoms in total. The van der Waals surface area contributed by atoms with Crippen molar-refractivity contribution in [2.45, 2.75) is 76.7 Å². The van der Waals surface area contributed by atoms with Gasteiger partial charge in [-0.05, 0) is 57.0 Å². The van der Waals surface area contributed by atoms with Crippen LogP contribution in [0.15, 0.2) is 28.2 Å². The summed E-state index contributed by atoms with van der Waals surface area (Å²) in [7, 11) is 1.61. The number of likely N-dealkylation sites (tertiary alicyclic amines) is 1. The van der Waals surface area contributed by atoms with Gasteiger partial charge in [-0.1, -0.05) is 44.2 Å². The number of aliphatic imine (C=N–C) groups is 2. The molecule has 2 aliphatic heterocycles. The Morgan fingerprint density at radius 1 is 1.15 bits per heavy atom. The topological polar surface area (TPSA) is 90.5 Å². The van der Waals surface area contributed by atoms with Gasteiger partial charge in [-0.2, -0.15) is 0 Å². The second-order valence-corrected chi connectivity index (χ2v) is 9.52. The second-order valence-electron chi connectivity index (χ2n) is 9.12. The summed E-state index contributed by atoms with van der Waals surface area (Å²) < 4.78 is 5.33. The number of ether oxygens (including phenoxy) is 1. The largest absolute Gasteiger partial charge is 0.495 e. The van der Waals surface area contributed by atoms with Crippen LogP contribution in [0.1, 0.15) is 58.3 Å². The van der Waals surface area contributed by atoms with Crippen molar-refractivity contribution in [2.75, 3.05) is 31.6 Å². The lowest BCUT2D eigenvalue weighted by molar-refractivity contribution is 0.273. The van der Waals surface area contributed by atoms with Crippen LogP contribution in [0, 0.1) is 0 Å². The number of anilines is 1. The summed E-state index contributed by atoms with van der Waals surface area (Å²) in [6.07, 6.45) is 9.14. The Morgan fingerprint density at radius 3 is 2.64 bits per heavy atom. The number of hydrogen-bond acceptors (Lipinski definition) is 5. The fourth-order valence-corrected chi connectivity index (χ4v) is 5.33. The van der Waals surface area contributed by atoms with Gasteiger partial charge in [-0.3, -0.25) is 25.8 Å². The molecule has 0 amide bonds. The van der Waals surface area contributed by atoms with Gasteiger partial charge in [0.1, 0.15) is 5.75 Å². The highest BCUT2D eigenvalue weighted by Crippen LogP contribution is 2.30. The first-order chi connectivity index (χ1) is 16.1. The maximum Gasteiger partial charge on any atom is 0.208 e. The molecule has 2 saturated heterocycles. The number of halogens is 1. The first-order valence-corrected chi connectivity index (χ1v) is 12.7. The number of nitrogens with two attached hydrogens (primary N) is 1. The standard InChI is InChI=1S/C24H38ClN7O/c1-3-31-14-8-11-19(31)16-27-23-29-22(26)32(18-12-13-21(33-2)20(25)15-18)24(30-23)28-17-9-6-4-5-7-10-17/h12-13,15,17,19,22H,3-11,14,16,26H2,1-2H3,(H2,27,28,29,30). The molecular weight excluding hydrogens is 438 g/mol. The van der Waals surface area contributed by atoms with E-state index >= 15 is 0 Å². The van der Waals surface area contributed by atoms with E-state index in [9.17, 15) is 0 Å². The number of methoxy groups -OCH3 is 1. The van der Waals surface area contributed by atoms with E-state index in [1.807, 2.05) is 23.1 Å². The molecule has 0 spiro atoms. The summed E-state index contributed by atoms with van der Waals surface area (Å²) in [4.78, 5) is 14.5. The summed E-state index contributed by atoms with van der Waals surface area (Å²) in [5.41, 5.74) is 7.47. The number of guanidine groups is 2. The molecule has 1 aliphatic carbocycles. The van der Waals surface area contributed by atoms with Crippen molar-refractivity contribution < 1.29 is 4.74 Å². The minimum atomic E-state index is -0.509. The van der Waals surface area contributed by atoms with E-state index in [2.05, 4.69) is 22.5 Å². The Labute approximate surface area is 202 Å². The number of nitrogens with zero attached hydrogens (tertiary/aromatic N) is 4. The van der Waals surface area contributed by atoms with E-state index in [0.29, 0.717) is 22.8 Å². The SMILES string of the molecule is CCN1CCCC1CN=C1NC(=NC2CCCCCC2)N(c2ccc(OC)c(Cl)c2)C(N)N1. The lowest BCUT2D eigenvalue weighted by Gasteiger charge is -2.38. The van der Waals surface area contributed by atoms with Gasteiger partial charge in [-0.25, -0.2) is 4.99 Å². The Bertz CT molecular complexity index is 853. The van der Waals surface area contributed by atoms with Crippen molar-refractivity contribution in [1.82, 2.24) is 15.5 Å². The van der Waals surface area contributed by atoms with Gasteiger partial charge < -0.3 is 10.1 Å². The van der Waals surface area contributed by atoms with Gasteiger partial charge in [0.2, 0.25) is 11.9 Å². The maximum atomic E-state index is 6.61. The van der Waals surface area contributed by atoms with Crippen LogP contribution < -0.4 is 26.0 Å². The molecule has 2 atom stereocenters. The number of nitrogens with one attached hydrogen (secondary N) is 2. The maximum absolute atomic E-state index is 6.61. The Balaban J connectivity index is 1.59. The average Bonchev–Trinajstić information content (AvgIpc) is 3.12. The molecule has 0 bridgehead atoms. The van der Waals surface area contributed by atoms with Crippen molar-refractivity contribution in [1.29, 1.82) is 0 Å². The summed E-state index contributed by atoms with van der Waals surface area (Å²) in [6.45, 7) is 5.19. The molecule has 1 saturated carbocycles. The van der Waals surface area contributed by atoms with Gasteiger partial charge in [-0.15, -0.1) is 0 Å². The van der Waals surface area contributed by atoms with Crippen LogP contribution in [0.2, 0.25) is 5.02 Å². The zero-order chi connectivity index (χ0) is 23.2. The average molecular weight is 476 g/mol. The number of rotatable bonds is 6. The van der Waals surface area contributed by atoms with Crippen molar-refractivity contribution in [2.24, 2.45) is 15.7 Å². The molecule has 2 unspecified atom stereocenters. The molecule has 2 heterocycles. The van der Waals surface area contributed by atoms with Crippen LogP contribution in [-0.4, -0.2) is 61.9 Å². The molecule has 0 radical (unpaired) electrons. The molecule has 4 N–H and O–H groups in total. The van der Waals surface area contributed by atoms with Crippen LogP contribution in [0.25, 0.3) is 0 Å². The monoisotopic (exact) mass is 475 g/mol. The summed E-state index contributed by atoms with van der Waals surface area (Å²) in [6, 6.07) is 6.45. The normalized spacial score (nSPS) is 27.5. The molecule has 0 aromatic heterocycles. The quantitative estimate of drug-likeness (QED) is 0.545. The van der Waals surface area contributed by atoms with Crippen molar-refractivity contribution >= 4 is 29.2 Å². The third kappa shape index (κ3) is 5.91. The van der Waals surface area contributed by atoms with Crippen LogP contribution >= 0.6 is 11.6 Å². The summed E-state index contributed by atoms with van der Waals surface area (Å²) in [5, 5.41) is 7.30. The van der Waals surface area contributed by atoms with Crippen molar-refractivity contribution in [3.05, 3.63) is 23.2 Å². The number of likely N-dealkylation sites (N-methyl/N-ethyl adjacent to an activating group) is 1. The molecule has 1 aromatic rings. The molecule has 1 aromatic carbocycles. The zero-order valence-electron chi connectivity index (χ0n) is 19.9. The van der Waals surface area contributed by atoms with Crippen LogP contribution in [0.4, 0.5) is 5.69 Å². The lowest BCUT2D eigenvalue weighted by Crippen LogP contribution is -2.68. The predicted molar refractivity (Wildman–Crippen MR) is 136 cm³/mol. The predicted octanol–water partition coefficient (Wildman–Crippen LogP) is 3.51. The van der Waals surface area contributed by atoms with E-state index in [-0.39, 0.29) is 6.04 Å². The zero-order valence-corrected chi connectivity index (χ0v) is 20.7. The minimum Gasteiger partial charge on any atom is -0.495 e. The van der Waals surface area contributed by atoms with Gasteiger partial charge in [0.25, 0.3) is 0 Å². The van der Waals surface area contributed by atoms with Gasteiger partial charge in [0, 0.05) is 11.7 Å². The van der Waals surface area contributed by atoms with E-state index in [1.165, 1.54) is 38.5 Å². The highest BCUT2D eigenvalue weighted by atomic mass is 35.5. The molecule has 3 aliphatic rings. The Kier molecular flexibility index (Phi) is 8.33. The molecule has 4 rings (SSSR count). The minimum absolute atomic E-state index is 0.281. The van der Waals surface area contributed by atoms with Crippen LogP contribution in [0.5, 0.6) is 5.75 Å². The third-order valence-electron chi connectivity index (χ3n) is 6.93. The summed E-state index contributed by atoms with van der Waals surface area (Å²) in [5.74, 6) is 2.05. The Morgan fingerprint density at radius 2 is 1.94 bits per heavy atom. The highest BCUT2D eigenvalue weighted by molar-refractivity contribution is 6.32. The fraction of sp³-hybridized carbons (Fsp3) is 0.667. The molecule has 182 valence electrons. The summed E-state index contributed by atoms with van der Waals surface area (Å²) >= 11 is 6.43. The third-order valence-corrected chi connectivity index (χ3v) is 7.23. The van der Waals surface area contributed by atoms with Crippen molar-refractivity contribution in [3.8, 4) is 5.75 Å². The molecule has 3 fully saturated rings. The molecule has 33 heavy (non-hydrogen) atoms. The number of benzene rings is 1. The molecule has 9 heteroatoms. The number of hydrogen-bond donors (Lipinski definition) is 3. The first kappa shape index (κ1) is 24.1. The van der Waals surface area contributed by atoms with Gasteiger partial charge in [0.05, 0.1) is 24.7 Å².